The average Bonchev–Trinajstić information content (AvgIpc) is 2.57. The Morgan fingerprint density at radius 2 is 2.00 bits per heavy atom. The van der Waals surface area contributed by atoms with E-state index in [4.69, 9.17) is 0 Å². The van der Waals surface area contributed by atoms with Crippen LogP contribution in [0, 0.1) is 0 Å². The molecule has 120 valence electrons. The molecule has 0 saturated carbocycles. The largest absolute Gasteiger partial charge is 0.478 e. The molecule has 23 heavy (non-hydrogen) atoms. The lowest BCUT2D eigenvalue weighted by Gasteiger charge is -2.40. The van der Waals surface area contributed by atoms with Gasteiger partial charge in [-0.2, -0.15) is 0 Å². The zero-order valence-corrected chi connectivity index (χ0v) is 13.2. The second-order valence-corrected chi connectivity index (χ2v) is 5.96. The summed E-state index contributed by atoms with van der Waals surface area (Å²) in [6.07, 6.45) is 1.66. The highest BCUT2D eigenvalue weighted by Crippen LogP contribution is 2.26. The molecule has 1 N–H and O–H groups in total. The van der Waals surface area contributed by atoms with Crippen LogP contribution < -0.4 is 0 Å². The van der Waals surface area contributed by atoms with Gasteiger partial charge in [-0.05, 0) is 24.7 Å². The third kappa shape index (κ3) is 3.57. The number of hydrogen-bond donors (Lipinski definition) is 1. The molecular formula is C18H21N3O2. The van der Waals surface area contributed by atoms with Crippen LogP contribution >= 0.6 is 0 Å². The molecule has 3 rings (SSSR count). The quantitative estimate of drug-likeness (QED) is 0.938. The highest BCUT2D eigenvalue weighted by Gasteiger charge is 2.27. The van der Waals surface area contributed by atoms with E-state index in [2.05, 4.69) is 34.0 Å². The van der Waals surface area contributed by atoms with Gasteiger partial charge in [-0.15, -0.1) is 0 Å². The SMILES string of the molecule is CN1CCN(Cc2ncccc2C(=O)O)[C@@H](c2ccccc2)C1. The normalized spacial score (nSPS) is 19.6. The number of piperazine rings is 1. The van der Waals surface area contributed by atoms with Gasteiger partial charge >= 0.3 is 5.97 Å². The van der Waals surface area contributed by atoms with Gasteiger partial charge in [0.05, 0.1) is 11.3 Å². The van der Waals surface area contributed by atoms with E-state index in [1.165, 1.54) is 5.56 Å². The van der Waals surface area contributed by atoms with Crippen LogP contribution in [0.5, 0.6) is 0 Å². The van der Waals surface area contributed by atoms with E-state index in [-0.39, 0.29) is 6.04 Å². The average molecular weight is 311 g/mol. The van der Waals surface area contributed by atoms with Gasteiger partial charge in [0.15, 0.2) is 0 Å². The van der Waals surface area contributed by atoms with E-state index >= 15 is 0 Å². The van der Waals surface area contributed by atoms with E-state index in [0.29, 0.717) is 17.8 Å². The number of rotatable bonds is 4. The number of nitrogens with zero attached hydrogens (tertiary/aromatic N) is 3. The summed E-state index contributed by atoms with van der Waals surface area (Å²) >= 11 is 0. The van der Waals surface area contributed by atoms with Gasteiger partial charge < -0.3 is 10.0 Å². The zero-order valence-electron chi connectivity index (χ0n) is 13.2. The van der Waals surface area contributed by atoms with Gasteiger partial charge in [-0.3, -0.25) is 9.88 Å². The second-order valence-electron chi connectivity index (χ2n) is 5.96. The van der Waals surface area contributed by atoms with Gasteiger partial charge in [0, 0.05) is 38.4 Å². The molecule has 1 fully saturated rings. The Kier molecular flexibility index (Phi) is 4.69. The van der Waals surface area contributed by atoms with Gasteiger partial charge in [0.25, 0.3) is 0 Å². The van der Waals surface area contributed by atoms with E-state index in [1.54, 1.807) is 18.3 Å². The summed E-state index contributed by atoms with van der Waals surface area (Å²) in [6, 6.07) is 13.9. The lowest BCUT2D eigenvalue weighted by molar-refractivity contribution is 0.0679. The van der Waals surface area contributed by atoms with Gasteiger partial charge in [-0.25, -0.2) is 4.79 Å². The third-order valence-electron chi connectivity index (χ3n) is 4.35. The fraction of sp³-hybridized carbons (Fsp3) is 0.333. The molecule has 5 heteroatoms. The lowest BCUT2D eigenvalue weighted by atomic mass is 10.0. The molecule has 0 bridgehead atoms. The third-order valence-corrected chi connectivity index (χ3v) is 4.35. The van der Waals surface area contributed by atoms with Crippen molar-refractivity contribution in [2.24, 2.45) is 0 Å². The molecule has 5 nitrogen and oxygen atoms in total. The molecule has 0 unspecified atom stereocenters. The Hall–Kier alpha value is -2.24. The summed E-state index contributed by atoms with van der Waals surface area (Å²) in [6.45, 7) is 3.35. The number of carboxylic acids is 1. The molecule has 0 radical (unpaired) electrons. The maximum Gasteiger partial charge on any atom is 0.337 e. The summed E-state index contributed by atoms with van der Waals surface area (Å²) < 4.78 is 0. The number of hydrogen-bond acceptors (Lipinski definition) is 4. The van der Waals surface area contributed by atoms with Crippen molar-refractivity contribution in [3.8, 4) is 0 Å². The maximum atomic E-state index is 11.4. The van der Waals surface area contributed by atoms with Crippen molar-refractivity contribution in [2.45, 2.75) is 12.6 Å². The fourth-order valence-electron chi connectivity index (χ4n) is 3.09. The fourth-order valence-corrected chi connectivity index (χ4v) is 3.09. The van der Waals surface area contributed by atoms with Crippen molar-refractivity contribution in [3.05, 3.63) is 65.5 Å². The highest BCUT2D eigenvalue weighted by molar-refractivity contribution is 5.88. The summed E-state index contributed by atoms with van der Waals surface area (Å²) in [4.78, 5) is 20.3. The van der Waals surface area contributed by atoms with E-state index < -0.39 is 5.97 Å². The van der Waals surface area contributed by atoms with Crippen LogP contribution in [-0.4, -0.2) is 52.5 Å². The molecule has 1 aromatic heterocycles. The summed E-state index contributed by atoms with van der Waals surface area (Å²) in [5.74, 6) is -0.918. The molecule has 1 atom stereocenters. The summed E-state index contributed by atoms with van der Waals surface area (Å²) in [5, 5.41) is 9.35. The predicted octanol–water partition coefficient (Wildman–Crippen LogP) is 2.27. The number of aromatic carboxylic acids is 1. The predicted molar refractivity (Wildman–Crippen MR) is 88.3 cm³/mol. The number of pyridine rings is 1. The Bertz CT molecular complexity index is 675. The van der Waals surface area contributed by atoms with Gasteiger partial charge in [-0.1, -0.05) is 30.3 Å². The number of benzene rings is 1. The molecule has 2 aromatic rings. The first-order chi connectivity index (χ1) is 11.1. The van der Waals surface area contributed by atoms with Crippen LogP contribution in [0.4, 0.5) is 0 Å². The number of likely N-dealkylation sites (N-methyl/N-ethyl adjacent to an activating group) is 1. The minimum absolute atomic E-state index is 0.249. The lowest BCUT2D eigenvalue weighted by Crippen LogP contribution is -2.46. The Labute approximate surface area is 136 Å². The minimum atomic E-state index is -0.918. The first-order valence-corrected chi connectivity index (χ1v) is 7.80. The standard InChI is InChI=1S/C18H21N3O2/c1-20-10-11-21(17(13-20)14-6-3-2-4-7-14)12-16-15(18(22)23)8-5-9-19-16/h2-9,17H,10-13H2,1H3,(H,22,23)/t17-/m1/s1. The first-order valence-electron chi connectivity index (χ1n) is 7.80. The van der Waals surface area contributed by atoms with Crippen LogP contribution in [0.3, 0.4) is 0 Å². The van der Waals surface area contributed by atoms with E-state index in [1.807, 2.05) is 18.2 Å². The Morgan fingerprint density at radius 1 is 1.22 bits per heavy atom. The molecule has 1 aromatic carbocycles. The molecule has 1 aliphatic heterocycles. The van der Waals surface area contributed by atoms with E-state index in [9.17, 15) is 9.90 Å². The molecule has 2 heterocycles. The molecule has 1 aliphatic rings. The molecule has 1 saturated heterocycles. The zero-order chi connectivity index (χ0) is 16.2. The number of carbonyl (C=O) groups is 1. The first kappa shape index (κ1) is 15.6. The van der Waals surface area contributed by atoms with Crippen molar-refractivity contribution in [1.29, 1.82) is 0 Å². The smallest absolute Gasteiger partial charge is 0.337 e. The number of aromatic nitrogens is 1. The molecule has 0 aliphatic carbocycles. The van der Waals surface area contributed by atoms with Crippen LogP contribution in [0.2, 0.25) is 0 Å². The Morgan fingerprint density at radius 3 is 2.74 bits per heavy atom. The van der Waals surface area contributed by atoms with Crippen LogP contribution in [0.15, 0.2) is 48.7 Å². The van der Waals surface area contributed by atoms with Gasteiger partial charge in [0.2, 0.25) is 0 Å². The summed E-state index contributed by atoms with van der Waals surface area (Å²) in [7, 11) is 2.12. The van der Waals surface area contributed by atoms with Crippen molar-refractivity contribution in [3.63, 3.8) is 0 Å². The Balaban J connectivity index is 1.87. The molecular weight excluding hydrogens is 290 g/mol. The molecule has 0 spiro atoms. The van der Waals surface area contributed by atoms with E-state index in [0.717, 1.165) is 19.6 Å². The monoisotopic (exact) mass is 311 g/mol. The summed E-state index contributed by atoms with van der Waals surface area (Å²) in [5.41, 5.74) is 2.18. The van der Waals surface area contributed by atoms with Crippen LogP contribution in [0.1, 0.15) is 27.7 Å². The molecule has 0 amide bonds. The van der Waals surface area contributed by atoms with Crippen molar-refractivity contribution in [2.75, 3.05) is 26.7 Å². The minimum Gasteiger partial charge on any atom is -0.478 e. The second kappa shape index (κ2) is 6.89. The van der Waals surface area contributed by atoms with Crippen molar-refractivity contribution >= 4 is 5.97 Å². The number of carboxylic acid groups (broad SMARTS) is 1. The van der Waals surface area contributed by atoms with Crippen LogP contribution in [0.25, 0.3) is 0 Å². The maximum absolute atomic E-state index is 11.4. The van der Waals surface area contributed by atoms with Gasteiger partial charge in [0.1, 0.15) is 0 Å². The topological polar surface area (TPSA) is 56.7 Å². The van der Waals surface area contributed by atoms with Crippen LogP contribution in [-0.2, 0) is 6.54 Å². The van der Waals surface area contributed by atoms with Crippen molar-refractivity contribution in [1.82, 2.24) is 14.8 Å². The van der Waals surface area contributed by atoms with Crippen molar-refractivity contribution < 1.29 is 9.90 Å². The highest BCUT2D eigenvalue weighted by atomic mass is 16.4.